The largest absolute Gasteiger partial charge is 0.386 e. The molecule has 0 aliphatic carbocycles. The number of aliphatic hydroxyl groups is 1. The quantitative estimate of drug-likeness (QED) is 0.775. The van der Waals surface area contributed by atoms with Gasteiger partial charge in [0, 0.05) is 12.1 Å². The summed E-state index contributed by atoms with van der Waals surface area (Å²) in [5.74, 6) is 0.233. The molecule has 20 heavy (non-hydrogen) atoms. The summed E-state index contributed by atoms with van der Waals surface area (Å²) >= 11 is 1.52. The molecule has 2 N–H and O–H groups in total. The van der Waals surface area contributed by atoms with Gasteiger partial charge in [-0.3, -0.25) is 0 Å². The van der Waals surface area contributed by atoms with Crippen molar-refractivity contribution in [2.24, 2.45) is 0 Å². The Morgan fingerprint density at radius 2 is 2.10 bits per heavy atom. The molecule has 1 atom stereocenters. The Morgan fingerprint density at radius 1 is 1.25 bits per heavy atom. The van der Waals surface area contributed by atoms with Crippen LogP contribution in [0.2, 0.25) is 0 Å². The molecule has 0 bridgehead atoms. The van der Waals surface area contributed by atoms with Crippen LogP contribution < -0.4 is 5.32 Å². The summed E-state index contributed by atoms with van der Waals surface area (Å²) < 4.78 is 13.6. The number of nitrogens with zero attached hydrogens (tertiary/aromatic N) is 2. The number of aromatic nitrogens is 2. The van der Waals surface area contributed by atoms with Crippen molar-refractivity contribution in [3.63, 3.8) is 0 Å². The van der Waals surface area contributed by atoms with Gasteiger partial charge in [-0.15, -0.1) is 11.3 Å². The van der Waals surface area contributed by atoms with Gasteiger partial charge >= 0.3 is 0 Å². The Bertz CT molecular complexity index is 731. The third-order valence-electron chi connectivity index (χ3n) is 2.99. The monoisotopic (exact) mass is 289 g/mol. The third kappa shape index (κ3) is 2.48. The summed E-state index contributed by atoms with van der Waals surface area (Å²) in [6.07, 6.45) is 0.538. The number of rotatable bonds is 4. The molecule has 1 aromatic carbocycles. The minimum absolute atomic E-state index is 0.183. The average molecular weight is 289 g/mol. The van der Waals surface area contributed by atoms with Gasteiger partial charge in [0.15, 0.2) is 0 Å². The van der Waals surface area contributed by atoms with Crippen molar-refractivity contribution >= 4 is 27.4 Å². The first-order valence-electron chi connectivity index (χ1n) is 6.10. The van der Waals surface area contributed by atoms with Gasteiger partial charge in [0.25, 0.3) is 0 Å². The van der Waals surface area contributed by atoms with E-state index in [0.717, 1.165) is 10.2 Å². The zero-order valence-corrected chi connectivity index (χ0v) is 11.3. The van der Waals surface area contributed by atoms with Gasteiger partial charge in [0.2, 0.25) is 0 Å². The van der Waals surface area contributed by atoms with E-state index < -0.39 is 11.9 Å². The summed E-state index contributed by atoms with van der Waals surface area (Å²) in [7, 11) is 0. The second-order valence-corrected chi connectivity index (χ2v) is 5.17. The number of halogens is 1. The van der Waals surface area contributed by atoms with Crippen LogP contribution in [0.5, 0.6) is 0 Å². The molecule has 6 heteroatoms. The van der Waals surface area contributed by atoms with Crippen LogP contribution in [-0.4, -0.2) is 21.6 Å². The van der Waals surface area contributed by atoms with Crippen LogP contribution in [0.25, 0.3) is 10.2 Å². The summed E-state index contributed by atoms with van der Waals surface area (Å²) in [5.41, 5.74) is 0.274. The highest BCUT2D eigenvalue weighted by Gasteiger charge is 2.13. The fourth-order valence-electron chi connectivity index (χ4n) is 1.98. The van der Waals surface area contributed by atoms with Crippen LogP contribution in [0.15, 0.2) is 42.0 Å². The number of hydrogen-bond acceptors (Lipinski definition) is 5. The number of nitrogens with one attached hydrogen (secondary N) is 1. The molecule has 0 fully saturated rings. The lowest BCUT2D eigenvalue weighted by atomic mass is 10.1. The van der Waals surface area contributed by atoms with Gasteiger partial charge in [-0.2, -0.15) is 0 Å². The molecule has 2 heterocycles. The number of thiophene rings is 1. The average Bonchev–Trinajstić information content (AvgIpc) is 2.94. The summed E-state index contributed by atoms with van der Waals surface area (Å²) in [6, 6.07) is 8.11. The van der Waals surface area contributed by atoms with E-state index in [-0.39, 0.29) is 12.1 Å². The Labute approximate surface area is 118 Å². The molecular formula is C14H12FN3OS. The minimum atomic E-state index is -0.931. The van der Waals surface area contributed by atoms with Crippen LogP contribution in [0.1, 0.15) is 11.7 Å². The predicted molar refractivity (Wildman–Crippen MR) is 77.3 cm³/mol. The Balaban J connectivity index is 1.76. The lowest BCUT2D eigenvalue weighted by Crippen LogP contribution is -2.14. The Hall–Kier alpha value is -2.05. The van der Waals surface area contributed by atoms with Crippen LogP contribution in [-0.2, 0) is 0 Å². The zero-order chi connectivity index (χ0) is 13.9. The number of fused-ring (bicyclic) bond motifs is 1. The fourth-order valence-corrected chi connectivity index (χ4v) is 2.71. The topological polar surface area (TPSA) is 58.0 Å². The lowest BCUT2D eigenvalue weighted by Gasteiger charge is -2.13. The van der Waals surface area contributed by atoms with Crippen molar-refractivity contribution in [2.45, 2.75) is 6.10 Å². The van der Waals surface area contributed by atoms with Gasteiger partial charge in [0.05, 0.1) is 11.5 Å². The molecular weight excluding hydrogens is 277 g/mol. The van der Waals surface area contributed by atoms with Crippen molar-refractivity contribution in [3.05, 3.63) is 53.4 Å². The van der Waals surface area contributed by atoms with Gasteiger partial charge in [-0.25, -0.2) is 14.4 Å². The molecule has 3 aromatic rings. The minimum Gasteiger partial charge on any atom is -0.386 e. The van der Waals surface area contributed by atoms with E-state index in [1.165, 1.54) is 23.7 Å². The molecule has 0 unspecified atom stereocenters. The molecule has 3 rings (SSSR count). The maximum Gasteiger partial charge on any atom is 0.138 e. The lowest BCUT2D eigenvalue weighted by molar-refractivity contribution is 0.186. The molecule has 4 nitrogen and oxygen atoms in total. The molecule has 0 spiro atoms. The maximum absolute atomic E-state index is 13.6. The third-order valence-corrected chi connectivity index (χ3v) is 3.81. The van der Waals surface area contributed by atoms with E-state index in [1.807, 2.05) is 11.4 Å². The van der Waals surface area contributed by atoms with Gasteiger partial charge in [0.1, 0.15) is 22.8 Å². The Kier molecular flexibility index (Phi) is 3.58. The van der Waals surface area contributed by atoms with E-state index in [1.54, 1.807) is 18.2 Å². The standard InChI is InChI=1S/C14H12FN3OS/c15-11-4-2-1-3-9(11)12(19)7-16-13-10-5-6-20-14(10)18-8-17-13/h1-6,8,12,19H,7H2,(H,16,17,18)/t12-/m1/s1. The summed E-state index contributed by atoms with van der Waals surface area (Å²) in [5, 5.41) is 15.9. The second-order valence-electron chi connectivity index (χ2n) is 4.28. The highest BCUT2D eigenvalue weighted by Crippen LogP contribution is 2.24. The number of benzene rings is 1. The molecule has 2 aromatic heterocycles. The highest BCUT2D eigenvalue weighted by atomic mass is 32.1. The van der Waals surface area contributed by atoms with Crippen molar-refractivity contribution < 1.29 is 9.50 Å². The van der Waals surface area contributed by atoms with E-state index in [9.17, 15) is 9.50 Å². The normalized spacial score (nSPS) is 12.5. The first-order valence-corrected chi connectivity index (χ1v) is 6.98. The zero-order valence-electron chi connectivity index (χ0n) is 10.5. The van der Waals surface area contributed by atoms with Crippen molar-refractivity contribution in [2.75, 3.05) is 11.9 Å². The molecule has 0 saturated carbocycles. The maximum atomic E-state index is 13.6. The van der Waals surface area contributed by atoms with Crippen molar-refractivity contribution in [3.8, 4) is 0 Å². The predicted octanol–water partition coefficient (Wildman–Crippen LogP) is 2.98. The van der Waals surface area contributed by atoms with Crippen LogP contribution in [0.3, 0.4) is 0 Å². The Morgan fingerprint density at radius 3 is 2.95 bits per heavy atom. The van der Waals surface area contributed by atoms with Crippen molar-refractivity contribution in [1.82, 2.24) is 9.97 Å². The first kappa shape index (κ1) is 13.0. The number of hydrogen-bond donors (Lipinski definition) is 2. The highest BCUT2D eigenvalue weighted by molar-refractivity contribution is 7.16. The summed E-state index contributed by atoms with van der Waals surface area (Å²) in [6.45, 7) is 0.183. The summed E-state index contributed by atoms with van der Waals surface area (Å²) in [4.78, 5) is 9.17. The molecule has 0 aliphatic rings. The van der Waals surface area contributed by atoms with Crippen LogP contribution in [0, 0.1) is 5.82 Å². The van der Waals surface area contributed by atoms with E-state index in [0.29, 0.717) is 5.82 Å². The van der Waals surface area contributed by atoms with Gasteiger partial charge in [-0.1, -0.05) is 18.2 Å². The van der Waals surface area contributed by atoms with E-state index in [2.05, 4.69) is 15.3 Å². The molecule has 0 radical (unpaired) electrons. The van der Waals surface area contributed by atoms with Gasteiger partial charge < -0.3 is 10.4 Å². The molecule has 102 valence electrons. The molecule has 0 saturated heterocycles. The van der Waals surface area contributed by atoms with Crippen molar-refractivity contribution in [1.29, 1.82) is 0 Å². The SMILES string of the molecule is O[C@H](CNc1ncnc2sccc12)c1ccccc1F. The van der Waals surface area contributed by atoms with Gasteiger partial charge in [-0.05, 0) is 17.5 Å². The van der Waals surface area contributed by atoms with E-state index >= 15 is 0 Å². The second kappa shape index (κ2) is 5.52. The first-order chi connectivity index (χ1) is 9.75. The van der Waals surface area contributed by atoms with E-state index in [4.69, 9.17) is 0 Å². The fraction of sp³-hybridized carbons (Fsp3) is 0.143. The molecule has 0 amide bonds. The number of anilines is 1. The molecule has 0 aliphatic heterocycles. The number of aliphatic hydroxyl groups excluding tert-OH is 1. The smallest absolute Gasteiger partial charge is 0.138 e. The van der Waals surface area contributed by atoms with Crippen LogP contribution >= 0.6 is 11.3 Å². The van der Waals surface area contributed by atoms with Crippen LogP contribution in [0.4, 0.5) is 10.2 Å².